The molecule has 0 radical (unpaired) electrons. The molecule has 0 amide bonds. The highest BCUT2D eigenvalue weighted by Crippen LogP contribution is 2.36. The van der Waals surface area contributed by atoms with Crippen molar-refractivity contribution in [3.63, 3.8) is 0 Å². The maximum atomic E-state index is 9.17. The van der Waals surface area contributed by atoms with Gasteiger partial charge in [-0.2, -0.15) is 4.98 Å². The highest BCUT2D eigenvalue weighted by atomic mass is 32.1. The van der Waals surface area contributed by atoms with Crippen LogP contribution in [0.3, 0.4) is 0 Å². The Morgan fingerprint density at radius 3 is 3.00 bits per heavy atom. The van der Waals surface area contributed by atoms with E-state index in [2.05, 4.69) is 15.1 Å². The third-order valence-corrected chi connectivity index (χ3v) is 3.33. The van der Waals surface area contributed by atoms with E-state index >= 15 is 0 Å². The first-order valence-electron chi connectivity index (χ1n) is 4.73. The minimum absolute atomic E-state index is 0.200. The van der Waals surface area contributed by atoms with Crippen LogP contribution in [0.15, 0.2) is 16.2 Å². The lowest BCUT2D eigenvalue weighted by Gasteiger charge is -2.27. The summed E-state index contributed by atoms with van der Waals surface area (Å²) in [5.41, 5.74) is 1.73. The fourth-order valence-corrected chi connectivity index (χ4v) is 2.16. The fraction of sp³-hybridized carbons (Fsp3) is 0.444. The third-order valence-electron chi connectivity index (χ3n) is 2.56. The SMILES string of the molecule is OC1CC(c2nc(-c3cncs3)no2)C1. The molecule has 15 heavy (non-hydrogen) atoms. The molecule has 2 aromatic heterocycles. The molecule has 1 N–H and O–H groups in total. The summed E-state index contributed by atoms with van der Waals surface area (Å²) in [6.45, 7) is 0. The van der Waals surface area contributed by atoms with Crippen LogP contribution in [0.2, 0.25) is 0 Å². The third kappa shape index (κ3) is 1.55. The van der Waals surface area contributed by atoms with E-state index in [1.807, 2.05) is 0 Å². The van der Waals surface area contributed by atoms with E-state index in [1.54, 1.807) is 11.7 Å². The molecule has 5 nitrogen and oxygen atoms in total. The van der Waals surface area contributed by atoms with Gasteiger partial charge in [-0.15, -0.1) is 11.3 Å². The Hall–Kier alpha value is -1.27. The summed E-state index contributed by atoms with van der Waals surface area (Å²) in [6, 6.07) is 0. The first kappa shape index (κ1) is 8.99. The normalized spacial score (nSPS) is 25.1. The zero-order valence-corrected chi connectivity index (χ0v) is 8.65. The van der Waals surface area contributed by atoms with Crippen LogP contribution in [-0.4, -0.2) is 26.3 Å². The van der Waals surface area contributed by atoms with Gasteiger partial charge in [0.1, 0.15) is 0 Å². The number of nitrogens with zero attached hydrogens (tertiary/aromatic N) is 3. The maximum Gasteiger partial charge on any atom is 0.230 e. The van der Waals surface area contributed by atoms with Gasteiger partial charge < -0.3 is 9.63 Å². The van der Waals surface area contributed by atoms with Crippen LogP contribution in [0.4, 0.5) is 0 Å². The molecule has 0 bridgehead atoms. The van der Waals surface area contributed by atoms with E-state index in [0.29, 0.717) is 11.7 Å². The molecule has 0 saturated heterocycles. The molecule has 2 aromatic rings. The van der Waals surface area contributed by atoms with Crippen LogP contribution in [0.5, 0.6) is 0 Å². The minimum Gasteiger partial charge on any atom is -0.393 e. The second-order valence-corrected chi connectivity index (χ2v) is 4.53. The summed E-state index contributed by atoms with van der Waals surface area (Å²) in [4.78, 5) is 9.15. The Morgan fingerprint density at radius 2 is 2.33 bits per heavy atom. The second-order valence-electron chi connectivity index (χ2n) is 3.64. The first-order chi connectivity index (χ1) is 7.33. The number of rotatable bonds is 2. The maximum absolute atomic E-state index is 9.17. The predicted molar refractivity (Wildman–Crippen MR) is 53.4 cm³/mol. The average Bonchev–Trinajstić information content (AvgIpc) is 2.83. The molecule has 0 unspecified atom stereocenters. The van der Waals surface area contributed by atoms with Gasteiger partial charge in [0.15, 0.2) is 0 Å². The summed E-state index contributed by atoms with van der Waals surface area (Å²) in [6.07, 6.45) is 2.97. The highest BCUT2D eigenvalue weighted by molar-refractivity contribution is 7.13. The molecule has 1 fully saturated rings. The van der Waals surface area contributed by atoms with Gasteiger partial charge in [-0.1, -0.05) is 5.16 Å². The summed E-state index contributed by atoms with van der Waals surface area (Å²) in [7, 11) is 0. The highest BCUT2D eigenvalue weighted by Gasteiger charge is 2.33. The number of aliphatic hydroxyl groups is 1. The lowest BCUT2D eigenvalue weighted by atomic mass is 9.82. The molecule has 0 aromatic carbocycles. The summed E-state index contributed by atoms with van der Waals surface area (Å²) in [5.74, 6) is 1.45. The van der Waals surface area contributed by atoms with Crippen molar-refractivity contribution in [2.24, 2.45) is 0 Å². The zero-order chi connectivity index (χ0) is 10.3. The van der Waals surface area contributed by atoms with Crippen LogP contribution in [0, 0.1) is 0 Å². The van der Waals surface area contributed by atoms with Crippen LogP contribution in [0.25, 0.3) is 10.7 Å². The molecule has 3 rings (SSSR count). The van der Waals surface area contributed by atoms with Gasteiger partial charge in [-0.3, -0.25) is 4.98 Å². The standard InChI is InChI=1S/C9H9N3O2S/c13-6-1-5(2-6)9-11-8(12-14-9)7-3-10-4-15-7/h3-6,13H,1-2H2. The monoisotopic (exact) mass is 223 g/mol. The summed E-state index contributed by atoms with van der Waals surface area (Å²) < 4.78 is 5.15. The molecular weight excluding hydrogens is 214 g/mol. The average molecular weight is 223 g/mol. The zero-order valence-electron chi connectivity index (χ0n) is 7.83. The van der Waals surface area contributed by atoms with Crippen LogP contribution in [-0.2, 0) is 0 Å². The van der Waals surface area contributed by atoms with Crippen molar-refractivity contribution in [3.8, 4) is 10.7 Å². The van der Waals surface area contributed by atoms with Crippen molar-refractivity contribution in [2.75, 3.05) is 0 Å². The van der Waals surface area contributed by atoms with Crippen molar-refractivity contribution in [2.45, 2.75) is 24.9 Å². The summed E-state index contributed by atoms with van der Waals surface area (Å²) >= 11 is 1.48. The molecule has 1 aliphatic carbocycles. The van der Waals surface area contributed by atoms with Gasteiger partial charge in [-0.05, 0) is 12.8 Å². The Labute approximate surface area is 89.8 Å². The number of hydrogen-bond donors (Lipinski definition) is 1. The van der Waals surface area contributed by atoms with Gasteiger partial charge in [0.05, 0.1) is 16.5 Å². The van der Waals surface area contributed by atoms with Gasteiger partial charge >= 0.3 is 0 Å². The molecule has 0 atom stereocenters. The molecule has 1 aliphatic rings. The fourth-order valence-electron chi connectivity index (χ4n) is 1.62. The predicted octanol–water partition coefficient (Wildman–Crippen LogP) is 1.43. The Bertz CT molecular complexity index is 448. The van der Waals surface area contributed by atoms with Crippen LogP contribution < -0.4 is 0 Å². The van der Waals surface area contributed by atoms with Crippen molar-refractivity contribution >= 4 is 11.3 Å². The smallest absolute Gasteiger partial charge is 0.230 e. The van der Waals surface area contributed by atoms with Crippen molar-refractivity contribution in [1.82, 2.24) is 15.1 Å². The van der Waals surface area contributed by atoms with E-state index in [1.165, 1.54) is 11.3 Å². The molecule has 2 heterocycles. The van der Waals surface area contributed by atoms with Crippen molar-refractivity contribution in [3.05, 3.63) is 17.6 Å². The van der Waals surface area contributed by atoms with E-state index in [4.69, 9.17) is 4.52 Å². The lowest BCUT2D eigenvalue weighted by Crippen LogP contribution is -2.26. The number of hydrogen-bond acceptors (Lipinski definition) is 6. The first-order valence-corrected chi connectivity index (χ1v) is 5.61. The number of thiazole rings is 1. The van der Waals surface area contributed by atoms with Gasteiger partial charge in [0.2, 0.25) is 11.7 Å². The van der Waals surface area contributed by atoms with Crippen molar-refractivity contribution < 1.29 is 9.63 Å². The largest absolute Gasteiger partial charge is 0.393 e. The topological polar surface area (TPSA) is 72.0 Å². The molecule has 1 saturated carbocycles. The van der Waals surface area contributed by atoms with E-state index in [-0.39, 0.29) is 12.0 Å². The van der Waals surface area contributed by atoms with Crippen LogP contribution in [0.1, 0.15) is 24.7 Å². The number of aliphatic hydroxyl groups excluding tert-OH is 1. The minimum atomic E-state index is -0.200. The lowest BCUT2D eigenvalue weighted by molar-refractivity contribution is 0.0625. The van der Waals surface area contributed by atoms with Gasteiger partial charge in [0, 0.05) is 12.1 Å². The molecule has 0 spiro atoms. The summed E-state index contributed by atoms with van der Waals surface area (Å²) in [5, 5.41) is 13.1. The molecule has 78 valence electrons. The number of aromatic nitrogens is 3. The van der Waals surface area contributed by atoms with Crippen molar-refractivity contribution in [1.29, 1.82) is 0 Å². The quantitative estimate of drug-likeness (QED) is 0.833. The van der Waals surface area contributed by atoms with Crippen LogP contribution >= 0.6 is 11.3 Å². The Kier molecular flexibility index (Phi) is 2.03. The Balaban J connectivity index is 1.82. The van der Waals surface area contributed by atoms with E-state index < -0.39 is 0 Å². The van der Waals surface area contributed by atoms with Gasteiger partial charge in [-0.25, -0.2) is 0 Å². The van der Waals surface area contributed by atoms with E-state index in [9.17, 15) is 5.11 Å². The molecular formula is C9H9N3O2S. The Morgan fingerprint density at radius 1 is 1.47 bits per heavy atom. The second kappa shape index (κ2) is 3.39. The van der Waals surface area contributed by atoms with Gasteiger partial charge in [0.25, 0.3) is 0 Å². The molecule has 6 heteroatoms. The molecule has 0 aliphatic heterocycles. The van der Waals surface area contributed by atoms with E-state index in [0.717, 1.165) is 17.7 Å².